The summed E-state index contributed by atoms with van der Waals surface area (Å²) in [6.45, 7) is 6.07. The average molecular weight is 274 g/mol. The highest BCUT2D eigenvalue weighted by molar-refractivity contribution is 5.94. The van der Waals surface area contributed by atoms with E-state index in [0.29, 0.717) is 12.0 Å². The molecule has 2 rings (SSSR count). The van der Waals surface area contributed by atoms with Crippen LogP contribution in [0.25, 0.3) is 0 Å². The lowest BCUT2D eigenvalue weighted by Crippen LogP contribution is -2.50. The third kappa shape index (κ3) is 3.21. The van der Waals surface area contributed by atoms with Crippen molar-refractivity contribution in [2.45, 2.75) is 39.2 Å². The van der Waals surface area contributed by atoms with Gasteiger partial charge in [-0.2, -0.15) is 0 Å². The normalized spacial score (nSPS) is 22.9. The number of hydrogen-bond donors (Lipinski definition) is 1. The molecule has 1 amide bonds. The van der Waals surface area contributed by atoms with E-state index in [2.05, 4.69) is 31.3 Å². The van der Waals surface area contributed by atoms with Gasteiger partial charge >= 0.3 is 0 Å². The zero-order valence-electron chi connectivity index (χ0n) is 12.9. The van der Waals surface area contributed by atoms with Gasteiger partial charge in [0.05, 0.1) is 0 Å². The van der Waals surface area contributed by atoms with Crippen LogP contribution in [0.3, 0.4) is 0 Å². The van der Waals surface area contributed by atoms with Crippen LogP contribution >= 0.6 is 0 Å². The predicted molar refractivity (Wildman–Crippen MR) is 83.0 cm³/mol. The molecule has 1 heterocycles. The van der Waals surface area contributed by atoms with Crippen LogP contribution in [0.5, 0.6) is 0 Å². The molecule has 1 aliphatic rings. The average Bonchev–Trinajstić information content (AvgIpc) is 2.53. The maximum Gasteiger partial charge on any atom is 0.253 e. The fourth-order valence-corrected chi connectivity index (χ4v) is 3.08. The molecule has 20 heavy (non-hydrogen) atoms. The Balaban J connectivity index is 2.05. The van der Waals surface area contributed by atoms with Gasteiger partial charge < -0.3 is 10.2 Å². The minimum Gasteiger partial charge on any atom is -0.338 e. The molecule has 0 radical (unpaired) electrons. The largest absolute Gasteiger partial charge is 0.338 e. The van der Waals surface area contributed by atoms with E-state index in [1.165, 1.54) is 5.56 Å². The Hall–Kier alpha value is -1.35. The quantitative estimate of drug-likeness (QED) is 0.915. The molecule has 2 unspecified atom stereocenters. The van der Waals surface area contributed by atoms with E-state index in [9.17, 15) is 4.79 Å². The van der Waals surface area contributed by atoms with Crippen molar-refractivity contribution in [1.29, 1.82) is 0 Å². The van der Waals surface area contributed by atoms with E-state index in [-0.39, 0.29) is 5.91 Å². The summed E-state index contributed by atoms with van der Waals surface area (Å²) < 4.78 is 0. The summed E-state index contributed by atoms with van der Waals surface area (Å²) in [5, 5.41) is 3.38. The van der Waals surface area contributed by atoms with Gasteiger partial charge in [-0.3, -0.25) is 4.79 Å². The molecule has 1 aliphatic heterocycles. The first kappa shape index (κ1) is 15.0. The van der Waals surface area contributed by atoms with E-state index in [1.54, 1.807) is 0 Å². The van der Waals surface area contributed by atoms with Gasteiger partial charge in [0.1, 0.15) is 0 Å². The van der Waals surface area contributed by atoms with Gasteiger partial charge in [0.2, 0.25) is 0 Å². The Kier molecular flexibility index (Phi) is 5.18. The van der Waals surface area contributed by atoms with Gasteiger partial charge in [-0.15, -0.1) is 0 Å². The molecule has 0 aliphatic carbocycles. The topological polar surface area (TPSA) is 32.3 Å². The fraction of sp³-hybridized carbons (Fsp3) is 0.588. The van der Waals surface area contributed by atoms with Crippen molar-refractivity contribution in [3.8, 4) is 0 Å². The molecule has 1 aromatic rings. The molecule has 0 spiro atoms. The van der Waals surface area contributed by atoms with Gasteiger partial charge in [-0.05, 0) is 43.5 Å². The Morgan fingerprint density at radius 2 is 2.00 bits per heavy atom. The van der Waals surface area contributed by atoms with Crippen LogP contribution in [0, 0.1) is 5.92 Å². The van der Waals surface area contributed by atoms with E-state index in [1.807, 2.05) is 24.1 Å². The van der Waals surface area contributed by atoms with Crippen LogP contribution in [0.15, 0.2) is 24.3 Å². The summed E-state index contributed by atoms with van der Waals surface area (Å²) >= 11 is 0. The molecule has 3 nitrogen and oxygen atoms in total. The van der Waals surface area contributed by atoms with E-state index in [4.69, 9.17) is 0 Å². The Bertz CT molecular complexity index is 441. The standard InChI is InChI=1S/C17H26N2O/c1-4-13-6-8-15(9-7-13)17(20)19-11-10-16(18-3)14(5-2)12-19/h6-9,14,16,18H,4-5,10-12H2,1-3H3. The van der Waals surface area contributed by atoms with E-state index >= 15 is 0 Å². The van der Waals surface area contributed by atoms with E-state index < -0.39 is 0 Å². The van der Waals surface area contributed by atoms with Crippen LogP contribution in [0.4, 0.5) is 0 Å². The third-order valence-corrected chi connectivity index (χ3v) is 4.53. The summed E-state index contributed by atoms with van der Waals surface area (Å²) in [5.74, 6) is 0.744. The number of piperidine rings is 1. The maximum atomic E-state index is 12.6. The number of likely N-dealkylation sites (tertiary alicyclic amines) is 1. The first-order chi connectivity index (χ1) is 9.69. The van der Waals surface area contributed by atoms with Crippen LogP contribution < -0.4 is 5.32 Å². The summed E-state index contributed by atoms with van der Waals surface area (Å²) in [4.78, 5) is 14.6. The first-order valence-electron chi connectivity index (χ1n) is 7.75. The minimum atomic E-state index is 0.181. The molecule has 0 saturated carbocycles. The molecular weight excluding hydrogens is 248 g/mol. The van der Waals surface area contributed by atoms with Crippen molar-refractivity contribution < 1.29 is 4.79 Å². The number of nitrogens with zero attached hydrogens (tertiary/aromatic N) is 1. The van der Waals surface area contributed by atoms with Crippen molar-refractivity contribution in [2.24, 2.45) is 5.92 Å². The molecule has 1 saturated heterocycles. The van der Waals surface area contributed by atoms with Crippen molar-refractivity contribution in [2.75, 3.05) is 20.1 Å². The Labute approximate surface area is 122 Å². The number of benzene rings is 1. The SMILES string of the molecule is CCc1ccc(C(=O)N2CCC(NC)C(CC)C2)cc1. The molecule has 110 valence electrons. The highest BCUT2D eigenvalue weighted by Crippen LogP contribution is 2.21. The predicted octanol–water partition coefficient (Wildman–Crippen LogP) is 2.71. The van der Waals surface area contributed by atoms with Crippen LogP contribution in [-0.2, 0) is 6.42 Å². The zero-order valence-corrected chi connectivity index (χ0v) is 12.9. The van der Waals surface area contributed by atoms with Crippen molar-refractivity contribution in [3.05, 3.63) is 35.4 Å². The molecular formula is C17H26N2O. The number of carbonyl (C=O) groups is 1. The van der Waals surface area contributed by atoms with Gasteiger partial charge in [0, 0.05) is 24.7 Å². The van der Waals surface area contributed by atoms with Crippen LogP contribution in [0.2, 0.25) is 0 Å². The number of hydrogen-bond acceptors (Lipinski definition) is 2. The third-order valence-electron chi connectivity index (χ3n) is 4.53. The van der Waals surface area contributed by atoms with Crippen LogP contribution in [-0.4, -0.2) is 37.0 Å². The lowest BCUT2D eigenvalue weighted by molar-refractivity contribution is 0.0631. The molecule has 2 atom stereocenters. The van der Waals surface area contributed by atoms with Gasteiger partial charge in [-0.25, -0.2) is 0 Å². The highest BCUT2D eigenvalue weighted by Gasteiger charge is 2.29. The second-order valence-corrected chi connectivity index (χ2v) is 5.65. The lowest BCUT2D eigenvalue weighted by Gasteiger charge is -2.38. The molecule has 0 aromatic heterocycles. The monoisotopic (exact) mass is 274 g/mol. The lowest BCUT2D eigenvalue weighted by atomic mass is 9.89. The molecule has 0 bridgehead atoms. The maximum absolute atomic E-state index is 12.6. The summed E-state index contributed by atoms with van der Waals surface area (Å²) in [6.07, 6.45) is 3.18. The molecule has 1 aromatic carbocycles. The van der Waals surface area contributed by atoms with E-state index in [0.717, 1.165) is 37.9 Å². The Morgan fingerprint density at radius 1 is 1.30 bits per heavy atom. The highest BCUT2D eigenvalue weighted by atomic mass is 16.2. The zero-order chi connectivity index (χ0) is 14.5. The number of aryl methyl sites for hydroxylation is 1. The number of amides is 1. The van der Waals surface area contributed by atoms with Gasteiger partial charge in [-0.1, -0.05) is 32.4 Å². The first-order valence-corrected chi connectivity index (χ1v) is 7.75. The summed E-state index contributed by atoms with van der Waals surface area (Å²) in [5.41, 5.74) is 2.10. The number of carbonyl (C=O) groups excluding carboxylic acids is 1. The summed E-state index contributed by atoms with van der Waals surface area (Å²) in [7, 11) is 2.02. The van der Waals surface area contributed by atoms with Gasteiger partial charge in [0.15, 0.2) is 0 Å². The second-order valence-electron chi connectivity index (χ2n) is 5.65. The summed E-state index contributed by atoms with van der Waals surface area (Å²) in [6, 6.07) is 8.60. The smallest absolute Gasteiger partial charge is 0.253 e. The fourth-order valence-electron chi connectivity index (χ4n) is 3.08. The van der Waals surface area contributed by atoms with Gasteiger partial charge in [0.25, 0.3) is 5.91 Å². The number of nitrogens with one attached hydrogen (secondary N) is 1. The van der Waals surface area contributed by atoms with Crippen molar-refractivity contribution >= 4 is 5.91 Å². The second kappa shape index (κ2) is 6.89. The number of rotatable bonds is 4. The van der Waals surface area contributed by atoms with Crippen molar-refractivity contribution in [1.82, 2.24) is 10.2 Å². The van der Waals surface area contributed by atoms with Crippen molar-refractivity contribution in [3.63, 3.8) is 0 Å². The Morgan fingerprint density at radius 3 is 2.55 bits per heavy atom. The molecule has 1 fully saturated rings. The molecule has 3 heteroatoms. The molecule has 1 N–H and O–H groups in total. The minimum absolute atomic E-state index is 0.181. The van der Waals surface area contributed by atoms with Crippen LogP contribution in [0.1, 0.15) is 42.6 Å².